The van der Waals surface area contributed by atoms with E-state index in [1.54, 1.807) is 6.08 Å². The third-order valence-corrected chi connectivity index (χ3v) is 3.23. The van der Waals surface area contributed by atoms with Gasteiger partial charge in [0.2, 0.25) is 5.91 Å². The van der Waals surface area contributed by atoms with Crippen molar-refractivity contribution in [2.45, 2.75) is 31.8 Å². The Morgan fingerprint density at radius 1 is 1.45 bits per heavy atom. The van der Waals surface area contributed by atoms with Crippen LogP contribution in [0.3, 0.4) is 0 Å². The molecule has 20 heavy (non-hydrogen) atoms. The Morgan fingerprint density at radius 3 is 3.00 bits per heavy atom. The summed E-state index contributed by atoms with van der Waals surface area (Å²) in [6, 6.07) is 9.55. The summed E-state index contributed by atoms with van der Waals surface area (Å²) in [4.78, 5) is 11.4. The van der Waals surface area contributed by atoms with Crippen molar-refractivity contribution < 1.29 is 9.53 Å². The highest BCUT2D eigenvalue weighted by Gasteiger charge is 2.16. The Bertz CT molecular complexity index is 526. The standard InChI is InChI=1S/C16H18N2O2/c17-10-11-18-16(19)9-8-13-4-3-7-15(12-13)20-14-5-1-2-6-14/h3-4,7-9,12,14H,1-2,5-6,11H2,(H,18,19)/b9-8-. The number of carbonyl (C=O) groups excluding carboxylic acids is 1. The van der Waals surface area contributed by atoms with Gasteiger partial charge in [-0.1, -0.05) is 12.1 Å². The van der Waals surface area contributed by atoms with Gasteiger partial charge in [0.05, 0.1) is 12.2 Å². The fourth-order valence-electron chi connectivity index (χ4n) is 2.25. The molecule has 0 heterocycles. The summed E-state index contributed by atoms with van der Waals surface area (Å²) in [7, 11) is 0. The van der Waals surface area contributed by atoms with Crippen molar-refractivity contribution in [2.24, 2.45) is 0 Å². The summed E-state index contributed by atoms with van der Waals surface area (Å²) in [5.74, 6) is 0.574. The number of ether oxygens (including phenoxy) is 1. The largest absolute Gasteiger partial charge is 0.490 e. The molecule has 0 spiro atoms. The molecular weight excluding hydrogens is 252 g/mol. The van der Waals surface area contributed by atoms with Gasteiger partial charge in [-0.2, -0.15) is 5.26 Å². The van der Waals surface area contributed by atoms with Crippen LogP contribution in [0.2, 0.25) is 0 Å². The summed E-state index contributed by atoms with van der Waals surface area (Å²) in [5.41, 5.74) is 0.910. The van der Waals surface area contributed by atoms with E-state index in [9.17, 15) is 4.79 Å². The molecule has 1 fully saturated rings. The average molecular weight is 270 g/mol. The molecule has 0 aliphatic heterocycles. The van der Waals surface area contributed by atoms with Crippen LogP contribution in [0.5, 0.6) is 5.75 Å². The maximum absolute atomic E-state index is 11.4. The molecule has 0 unspecified atom stereocenters. The highest BCUT2D eigenvalue weighted by atomic mass is 16.5. The zero-order valence-corrected chi connectivity index (χ0v) is 11.3. The van der Waals surface area contributed by atoms with E-state index in [2.05, 4.69) is 5.32 Å². The quantitative estimate of drug-likeness (QED) is 0.661. The molecule has 0 radical (unpaired) electrons. The molecule has 0 bridgehead atoms. The van der Waals surface area contributed by atoms with E-state index >= 15 is 0 Å². The zero-order chi connectivity index (χ0) is 14.2. The molecular formula is C16H18N2O2. The van der Waals surface area contributed by atoms with Crippen LogP contribution in [0.4, 0.5) is 0 Å². The van der Waals surface area contributed by atoms with Gasteiger partial charge in [0, 0.05) is 6.08 Å². The highest BCUT2D eigenvalue weighted by molar-refractivity contribution is 5.91. The molecule has 0 atom stereocenters. The number of carbonyl (C=O) groups is 1. The number of benzene rings is 1. The SMILES string of the molecule is N#CCNC(=O)/C=C\c1cccc(OC2CCCC2)c1. The summed E-state index contributed by atoms with van der Waals surface area (Å²) in [6.45, 7) is 0.0218. The molecule has 1 aliphatic carbocycles. The van der Waals surface area contributed by atoms with Crippen LogP contribution in [-0.2, 0) is 4.79 Å². The lowest BCUT2D eigenvalue weighted by molar-refractivity contribution is -0.116. The minimum absolute atomic E-state index is 0.0218. The van der Waals surface area contributed by atoms with Crippen LogP contribution < -0.4 is 10.1 Å². The van der Waals surface area contributed by atoms with E-state index in [4.69, 9.17) is 10.00 Å². The lowest BCUT2D eigenvalue weighted by atomic mass is 10.2. The van der Waals surface area contributed by atoms with Crippen molar-refractivity contribution in [3.05, 3.63) is 35.9 Å². The number of amides is 1. The zero-order valence-electron chi connectivity index (χ0n) is 11.3. The van der Waals surface area contributed by atoms with Crippen LogP contribution in [0.1, 0.15) is 31.2 Å². The lowest BCUT2D eigenvalue weighted by Gasteiger charge is -2.13. The molecule has 1 aliphatic rings. The fourth-order valence-corrected chi connectivity index (χ4v) is 2.25. The maximum atomic E-state index is 11.4. The van der Waals surface area contributed by atoms with Crippen molar-refractivity contribution >= 4 is 12.0 Å². The van der Waals surface area contributed by atoms with Gasteiger partial charge in [0.1, 0.15) is 12.3 Å². The molecule has 1 N–H and O–H groups in total. The third kappa shape index (κ3) is 4.43. The fraction of sp³-hybridized carbons (Fsp3) is 0.375. The van der Waals surface area contributed by atoms with Crippen LogP contribution in [-0.4, -0.2) is 18.6 Å². The van der Waals surface area contributed by atoms with Gasteiger partial charge in [-0.3, -0.25) is 4.79 Å². The third-order valence-electron chi connectivity index (χ3n) is 3.23. The molecule has 2 rings (SSSR count). The van der Waals surface area contributed by atoms with Gasteiger partial charge in [0.25, 0.3) is 0 Å². The van der Waals surface area contributed by atoms with Crippen LogP contribution in [0, 0.1) is 11.3 Å². The molecule has 104 valence electrons. The first kappa shape index (κ1) is 14.1. The second-order valence-corrected chi connectivity index (χ2v) is 4.81. The Hall–Kier alpha value is -2.28. The second kappa shape index (κ2) is 7.34. The average Bonchev–Trinajstić information content (AvgIpc) is 2.96. The monoisotopic (exact) mass is 270 g/mol. The van der Waals surface area contributed by atoms with Crippen molar-refractivity contribution in [3.63, 3.8) is 0 Å². The summed E-state index contributed by atoms with van der Waals surface area (Å²) in [6.07, 6.45) is 8.19. The number of hydrogen-bond acceptors (Lipinski definition) is 3. The topological polar surface area (TPSA) is 62.1 Å². The molecule has 1 saturated carbocycles. The van der Waals surface area contributed by atoms with E-state index in [0.717, 1.165) is 24.2 Å². The lowest BCUT2D eigenvalue weighted by Crippen LogP contribution is -2.20. The molecule has 0 aromatic heterocycles. The molecule has 4 nitrogen and oxygen atoms in total. The molecule has 1 amide bonds. The van der Waals surface area contributed by atoms with Crippen LogP contribution in [0.25, 0.3) is 6.08 Å². The van der Waals surface area contributed by atoms with Gasteiger partial charge >= 0.3 is 0 Å². The highest BCUT2D eigenvalue weighted by Crippen LogP contribution is 2.24. The Morgan fingerprint density at radius 2 is 2.25 bits per heavy atom. The van der Waals surface area contributed by atoms with Gasteiger partial charge in [0.15, 0.2) is 0 Å². The summed E-state index contributed by atoms with van der Waals surface area (Å²) in [5, 5.41) is 10.8. The first-order valence-corrected chi connectivity index (χ1v) is 6.87. The van der Waals surface area contributed by atoms with E-state index in [-0.39, 0.29) is 12.5 Å². The van der Waals surface area contributed by atoms with Crippen molar-refractivity contribution in [1.82, 2.24) is 5.32 Å². The van der Waals surface area contributed by atoms with Gasteiger partial charge < -0.3 is 10.1 Å². The molecule has 4 heteroatoms. The van der Waals surface area contributed by atoms with Crippen LogP contribution >= 0.6 is 0 Å². The normalized spacial score (nSPS) is 15.2. The predicted octanol–water partition coefficient (Wildman–Crippen LogP) is 2.66. The number of nitriles is 1. The van der Waals surface area contributed by atoms with E-state index in [0.29, 0.717) is 6.10 Å². The number of nitrogens with zero attached hydrogens (tertiary/aromatic N) is 1. The maximum Gasteiger partial charge on any atom is 0.244 e. The first-order chi connectivity index (χ1) is 9.78. The van der Waals surface area contributed by atoms with Gasteiger partial charge in [-0.15, -0.1) is 0 Å². The first-order valence-electron chi connectivity index (χ1n) is 6.87. The minimum atomic E-state index is -0.270. The number of hydrogen-bond donors (Lipinski definition) is 1. The van der Waals surface area contributed by atoms with E-state index in [1.165, 1.54) is 18.9 Å². The number of nitrogens with one attached hydrogen (secondary N) is 1. The van der Waals surface area contributed by atoms with E-state index < -0.39 is 0 Å². The van der Waals surface area contributed by atoms with Crippen molar-refractivity contribution in [2.75, 3.05) is 6.54 Å². The molecule has 1 aromatic carbocycles. The van der Waals surface area contributed by atoms with E-state index in [1.807, 2.05) is 30.3 Å². The summed E-state index contributed by atoms with van der Waals surface area (Å²) >= 11 is 0. The number of rotatable bonds is 5. The van der Waals surface area contributed by atoms with Crippen LogP contribution in [0.15, 0.2) is 30.3 Å². The second-order valence-electron chi connectivity index (χ2n) is 4.81. The van der Waals surface area contributed by atoms with Crippen molar-refractivity contribution in [1.29, 1.82) is 5.26 Å². The molecule has 0 saturated heterocycles. The predicted molar refractivity (Wildman–Crippen MR) is 77.0 cm³/mol. The molecule has 1 aromatic rings. The van der Waals surface area contributed by atoms with Crippen molar-refractivity contribution in [3.8, 4) is 11.8 Å². The Labute approximate surface area is 119 Å². The Balaban J connectivity index is 1.93. The Kier molecular flexibility index (Phi) is 5.19. The minimum Gasteiger partial charge on any atom is -0.490 e. The smallest absolute Gasteiger partial charge is 0.244 e. The van der Waals surface area contributed by atoms with Gasteiger partial charge in [-0.25, -0.2) is 0 Å². The summed E-state index contributed by atoms with van der Waals surface area (Å²) < 4.78 is 5.91. The van der Waals surface area contributed by atoms with Gasteiger partial charge in [-0.05, 0) is 49.5 Å².